The summed E-state index contributed by atoms with van der Waals surface area (Å²) in [6, 6.07) is 6.96. The Morgan fingerprint density at radius 1 is 1.21 bits per heavy atom. The minimum atomic E-state index is -0.251. The van der Waals surface area contributed by atoms with Gasteiger partial charge in [-0.2, -0.15) is 0 Å². The summed E-state index contributed by atoms with van der Waals surface area (Å²) in [6.07, 6.45) is 0. The summed E-state index contributed by atoms with van der Waals surface area (Å²) >= 11 is 1.43. The third-order valence-corrected chi connectivity index (χ3v) is 3.16. The lowest BCUT2D eigenvalue weighted by Crippen LogP contribution is -2.13. The number of aryl methyl sites for hydroxylation is 1. The maximum absolute atomic E-state index is 12.0. The maximum atomic E-state index is 12.0. The Labute approximate surface area is 114 Å². The molecule has 0 spiro atoms. The summed E-state index contributed by atoms with van der Waals surface area (Å²) in [5.41, 5.74) is 3.32. The highest BCUT2D eigenvalue weighted by molar-refractivity contribution is 7.09. The second kappa shape index (κ2) is 5.62. The molecule has 2 rings (SSSR count). The fourth-order valence-electron chi connectivity index (χ4n) is 1.59. The average molecular weight is 275 g/mol. The van der Waals surface area contributed by atoms with Crippen LogP contribution in [-0.4, -0.2) is 16.8 Å². The van der Waals surface area contributed by atoms with Gasteiger partial charge in [0.05, 0.1) is 5.51 Å². The fourth-order valence-corrected chi connectivity index (χ4v) is 2.16. The summed E-state index contributed by atoms with van der Waals surface area (Å²) in [5.74, 6) is -0.405. The Bertz CT molecular complexity index is 622. The van der Waals surface area contributed by atoms with E-state index < -0.39 is 0 Å². The number of aromatic nitrogens is 1. The van der Waals surface area contributed by atoms with E-state index >= 15 is 0 Å². The van der Waals surface area contributed by atoms with Crippen molar-refractivity contribution in [3.63, 3.8) is 0 Å². The van der Waals surface area contributed by atoms with Crippen LogP contribution in [0.5, 0.6) is 0 Å². The number of nitrogens with zero attached hydrogens (tertiary/aromatic N) is 1. The van der Waals surface area contributed by atoms with Gasteiger partial charge in [-0.15, -0.1) is 11.3 Å². The number of hydrogen-bond donors (Lipinski definition) is 2. The molecule has 0 saturated carbocycles. The van der Waals surface area contributed by atoms with E-state index in [0.717, 1.165) is 4.88 Å². The Kier molecular flexibility index (Phi) is 3.91. The molecule has 1 aromatic heterocycles. The molecular weight excluding hydrogens is 262 g/mol. The van der Waals surface area contributed by atoms with Crippen molar-refractivity contribution < 1.29 is 9.59 Å². The van der Waals surface area contributed by atoms with Gasteiger partial charge in [0.15, 0.2) is 0 Å². The molecule has 0 saturated heterocycles. The summed E-state index contributed by atoms with van der Waals surface area (Å²) in [4.78, 5) is 27.8. The number of nitrogens with one attached hydrogen (secondary N) is 2. The quantitative estimate of drug-likeness (QED) is 0.904. The first kappa shape index (κ1) is 13.2. The van der Waals surface area contributed by atoms with Crippen molar-refractivity contribution in [3.05, 3.63) is 40.3 Å². The molecule has 2 N–H and O–H groups in total. The van der Waals surface area contributed by atoms with Crippen LogP contribution in [0.4, 0.5) is 11.4 Å². The molecule has 0 fully saturated rings. The van der Waals surface area contributed by atoms with Gasteiger partial charge >= 0.3 is 0 Å². The molecule has 0 aliphatic rings. The minimum Gasteiger partial charge on any atom is -0.326 e. The first-order valence-corrected chi connectivity index (χ1v) is 6.53. The van der Waals surface area contributed by atoms with Gasteiger partial charge in [0, 0.05) is 23.2 Å². The van der Waals surface area contributed by atoms with E-state index in [2.05, 4.69) is 15.6 Å². The van der Waals surface area contributed by atoms with Crippen molar-refractivity contribution in [1.29, 1.82) is 0 Å². The van der Waals surface area contributed by atoms with Crippen molar-refractivity contribution in [2.75, 3.05) is 10.6 Å². The Hall–Kier alpha value is -2.21. The average Bonchev–Trinajstić information content (AvgIpc) is 2.75. The highest BCUT2D eigenvalue weighted by atomic mass is 32.1. The predicted octanol–water partition coefficient (Wildman–Crippen LogP) is 2.66. The SMILES string of the molecule is CC(=O)Nc1cccc(NC(=O)c2ncsc2C)c1. The van der Waals surface area contributed by atoms with E-state index in [1.807, 2.05) is 6.92 Å². The molecule has 2 aromatic rings. The number of amides is 2. The number of rotatable bonds is 3. The van der Waals surface area contributed by atoms with Crippen LogP contribution in [0.25, 0.3) is 0 Å². The Morgan fingerprint density at radius 2 is 1.89 bits per heavy atom. The molecule has 5 nitrogen and oxygen atoms in total. The second-order valence-electron chi connectivity index (χ2n) is 3.97. The van der Waals surface area contributed by atoms with Crippen molar-refractivity contribution in [2.24, 2.45) is 0 Å². The fraction of sp³-hybridized carbons (Fsp3) is 0.154. The van der Waals surface area contributed by atoms with E-state index in [9.17, 15) is 9.59 Å². The van der Waals surface area contributed by atoms with Crippen molar-refractivity contribution in [1.82, 2.24) is 4.98 Å². The maximum Gasteiger partial charge on any atom is 0.275 e. The molecule has 0 bridgehead atoms. The first-order chi connectivity index (χ1) is 9.06. The van der Waals surface area contributed by atoms with Gasteiger partial charge in [0.2, 0.25) is 5.91 Å². The minimum absolute atomic E-state index is 0.154. The summed E-state index contributed by atoms with van der Waals surface area (Å²) in [6.45, 7) is 3.28. The first-order valence-electron chi connectivity index (χ1n) is 5.65. The number of benzene rings is 1. The van der Waals surface area contributed by atoms with Crippen LogP contribution in [0.2, 0.25) is 0 Å². The van der Waals surface area contributed by atoms with E-state index in [1.54, 1.807) is 29.8 Å². The highest BCUT2D eigenvalue weighted by Gasteiger charge is 2.12. The van der Waals surface area contributed by atoms with Gasteiger partial charge in [-0.25, -0.2) is 4.98 Å². The highest BCUT2D eigenvalue weighted by Crippen LogP contribution is 2.17. The monoisotopic (exact) mass is 275 g/mol. The van der Waals surface area contributed by atoms with Crippen molar-refractivity contribution in [2.45, 2.75) is 13.8 Å². The molecule has 0 aliphatic carbocycles. The van der Waals surface area contributed by atoms with Crippen LogP contribution in [-0.2, 0) is 4.79 Å². The summed E-state index contributed by atoms with van der Waals surface area (Å²) < 4.78 is 0. The van der Waals surface area contributed by atoms with Crippen LogP contribution < -0.4 is 10.6 Å². The number of hydrogen-bond acceptors (Lipinski definition) is 4. The van der Waals surface area contributed by atoms with E-state index in [4.69, 9.17) is 0 Å². The van der Waals surface area contributed by atoms with Gasteiger partial charge in [-0.05, 0) is 25.1 Å². The van der Waals surface area contributed by atoms with E-state index in [0.29, 0.717) is 17.1 Å². The standard InChI is InChI=1S/C13H13N3O2S/c1-8-12(14-7-19-8)13(18)16-11-5-3-4-10(6-11)15-9(2)17/h3-7H,1-2H3,(H,15,17)(H,16,18). The van der Waals surface area contributed by atoms with Crippen LogP contribution in [0.3, 0.4) is 0 Å². The van der Waals surface area contributed by atoms with Crippen LogP contribution >= 0.6 is 11.3 Å². The summed E-state index contributed by atoms with van der Waals surface area (Å²) in [5, 5.41) is 5.41. The Morgan fingerprint density at radius 3 is 2.47 bits per heavy atom. The number of carbonyl (C=O) groups excluding carboxylic acids is 2. The molecule has 1 heterocycles. The number of thiazole rings is 1. The molecule has 6 heteroatoms. The molecule has 98 valence electrons. The summed E-state index contributed by atoms with van der Waals surface area (Å²) in [7, 11) is 0. The van der Waals surface area contributed by atoms with Crippen LogP contribution in [0, 0.1) is 6.92 Å². The molecule has 0 aliphatic heterocycles. The van der Waals surface area contributed by atoms with Crippen molar-refractivity contribution >= 4 is 34.5 Å². The molecule has 0 radical (unpaired) electrons. The molecule has 19 heavy (non-hydrogen) atoms. The zero-order chi connectivity index (χ0) is 13.8. The zero-order valence-electron chi connectivity index (χ0n) is 10.6. The number of carbonyl (C=O) groups is 2. The smallest absolute Gasteiger partial charge is 0.275 e. The molecule has 0 atom stereocenters. The number of anilines is 2. The lowest BCUT2D eigenvalue weighted by atomic mass is 10.2. The Balaban J connectivity index is 2.13. The molecular formula is C13H13N3O2S. The van der Waals surface area contributed by atoms with Gasteiger partial charge in [-0.3, -0.25) is 9.59 Å². The van der Waals surface area contributed by atoms with Gasteiger partial charge < -0.3 is 10.6 Å². The van der Waals surface area contributed by atoms with Crippen LogP contribution in [0.1, 0.15) is 22.3 Å². The predicted molar refractivity (Wildman–Crippen MR) is 75.5 cm³/mol. The van der Waals surface area contributed by atoms with Gasteiger partial charge in [0.25, 0.3) is 5.91 Å². The normalized spacial score (nSPS) is 10.0. The van der Waals surface area contributed by atoms with Gasteiger partial charge in [0.1, 0.15) is 5.69 Å². The third-order valence-electron chi connectivity index (χ3n) is 2.40. The zero-order valence-corrected chi connectivity index (χ0v) is 11.4. The van der Waals surface area contributed by atoms with Gasteiger partial charge in [-0.1, -0.05) is 6.07 Å². The lowest BCUT2D eigenvalue weighted by Gasteiger charge is -2.07. The van der Waals surface area contributed by atoms with Crippen molar-refractivity contribution in [3.8, 4) is 0 Å². The van der Waals surface area contributed by atoms with E-state index in [1.165, 1.54) is 18.3 Å². The lowest BCUT2D eigenvalue weighted by molar-refractivity contribution is -0.114. The molecule has 1 aromatic carbocycles. The topological polar surface area (TPSA) is 71.1 Å². The van der Waals surface area contributed by atoms with E-state index in [-0.39, 0.29) is 11.8 Å². The van der Waals surface area contributed by atoms with Crippen LogP contribution in [0.15, 0.2) is 29.8 Å². The third kappa shape index (κ3) is 3.38. The largest absolute Gasteiger partial charge is 0.326 e. The molecule has 2 amide bonds. The second-order valence-corrected chi connectivity index (χ2v) is 5.03. The molecule has 0 unspecified atom stereocenters.